The van der Waals surface area contributed by atoms with Crippen LogP contribution in [0.25, 0.3) is 0 Å². The molecule has 2 heterocycles. The predicted molar refractivity (Wildman–Crippen MR) is 110 cm³/mol. The number of carboxylic acid groups (broad SMARTS) is 1. The summed E-state index contributed by atoms with van der Waals surface area (Å²) in [6, 6.07) is 11.3. The lowest BCUT2D eigenvalue weighted by atomic mass is 10.0. The van der Waals surface area contributed by atoms with E-state index in [2.05, 4.69) is 20.2 Å². The Bertz CT molecular complexity index is 822. The minimum absolute atomic E-state index is 0.0264. The summed E-state index contributed by atoms with van der Waals surface area (Å²) in [4.78, 5) is 36.3. The summed E-state index contributed by atoms with van der Waals surface area (Å²) in [6.07, 6.45) is 2.78. The molecule has 2 amide bonds. The van der Waals surface area contributed by atoms with Gasteiger partial charge in [-0.25, -0.2) is 14.8 Å². The van der Waals surface area contributed by atoms with E-state index in [1.165, 1.54) is 0 Å². The van der Waals surface area contributed by atoms with Crippen molar-refractivity contribution in [1.82, 2.24) is 20.2 Å². The number of nitrogens with one attached hydrogen (secondary N) is 1. The molecule has 8 heteroatoms. The number of amides is 2. The number of piperazine rings is 1. The molecule has 1 aliphatic heterocycles. The molecule has 1 aliphatic rings. The lowest BCUT2D eigenvalue weighted by Gasteiger charge is -2.36. The van der Waals surface area contributed by atoms with Gasteiger partial charge in [0.25, 0.3) is 0 Å². The number of hydrogen-bond donors (Lipinski definition) is 2. The quantitative estimate of drug-likeness (QED) is 0.742. The van der Waals surface area contributed by atoms with Gasteiger partial charge < -0.3 is 20.2 Å². The predicted octanol–water partition coefficient (Wildman–Crippen LogP) is 2.09. The molecule has 0 saturated carbocycles. The number of benzene rings is 1. The largest absolute Gasteiger partial charge is 0.481 e. The van der Waals surface area contributed by atoms with E-state index in [1.807, 2.05) is 43.3 Å². The number of nitrogens with zero attached hydrogens (tertiary/aromatic N) is 4. The Morgan fingerprint density at radius 1 is 1.14 bits per heavy atom. The maximum atomic E-state index is 12.8. The molecule has 1 unspecified atom stereocenters. The standard InChI is InChI=1S/C21H27N5O3/c1-16-22-10-9-19(23-16)25-11-13-26(14-12-25)21(29)24-18(7-8-20(27)28)15-17-5-3-2-4-6-17/h2-6,9-10,18H,7-8,11-15H2,1H3,(H,24,29)(H,27,28). The molecule has 0 bridgehead atoms. The molecule has 2 aromatic rings. The molecular formula is C21H27N5O3. The van der Waals surface area contributed by atoms with Gasteiger partial charge in [0.1, 0.15) is 11.6 Å². The van der Waals surface area contributed by atoms with Crippen LogP contribution < -0.4 is 10.2 Å². The molecule has 8 nitrogen and oxygen atoms in total. The van der Waals surface area contributed by atoms with Crippen molar-refractivity contribution >= 4 is 17.8 Å². The molecule has 2 N–H and O–H groups in total. The summed E-state index contributed by atoms with van der Waals surface area (Å²) in [6.45, 7) is 4.43. The number of hydrogen-bond acceptors (Lipinski definition) is 5. The molecular weight excluding hydrogens is 370 g/mol. The Labute approximate surface area is 170 Å². The average Bonchev–Trinajstić information content (AvgIpc) is 2.73. The Kier molecular flexibility index (Phi) is 6.99. The maximum Gasteiger partial charge on any atom is 0.317 e. The number of aryl methyl sites for hydroxylation is 1. The molecule has 0 aliphatic carbocycles. The molecule has 154 valence electrons. The molecule has 0 radical (unpaired) electrons. The molecule has 0 spiro atoms. The number of urea groups is 1. The van der Waals surface area contributed by atoms with Crippen molar-refractivity contribution in [2.24, 2.45) is 0 Å². The number of aromatic nitrogens is 2. The highest BCUT2D eigenvalue weighted by atomic mass is 16.4. The van der Waals surface area contributed by atoms with Crippen LogP contribution >= 0.6 is 0 Å². The maximum absolute atomic E-state index is 12.8. The molecule has 1 aromatic heterocycles. The van der Waals surface area contributed by atoms with Crippen molar-refractivity contribution in [3.8, 4) is 0 Å². The smallest absolute Gasteiger partial charge is 0.317 e. The third-order valence-corrected chi connectivity index (χ3v) is 5.01. The molecule has 3 rings (SSSR count). The first-order valence-electron chi connectivity index (χ1n) is 9.87. The van der Waals surface area contributed by atoms with E-state index in [1.54, 1.807) is 11.1 Å². The van der Waals surface area contributed by atoms with Crippen molar-refractivity contribution in [3.05, 3.63) is 54.0 Å². The van der Waals surface area contributed by atoms with E-state index in [0.717, 1.165) is 17.2 Å². The molecule has 1 atom stereocenters. The van der Waals surface area contributed by atoms with Gasteiger partial charge >= 0.3 is 12.0 Å². The fourth-order valence-corrected chi connectivity index (χ4v) is 3.45. The van der Waals surface area contributed by atoms with Crippen LogP contribution in [0.1, 0.15) is 24.2 Å². The Morgan fingerprint density at radius 3 is 2.52 bits per heavy atom. The van der Waals surface area contributed by atoms with Crippen LogP contribution in [0.2, 0.25) is 0 Å². The van der Waals surface area contributed by atoms with Gasteiger partial charge in [-0.15, -0.1) is 0 Å². The van der Waals surface area contributed by atoms with E-state index >= 15 is 0 Å². The zero-order chi connectivity index (χ0) is 20.6. The lowest BCUT2D eigenvalue weighted by Crippen LogP contribution is -2.54. The highest BCUT2D eigenvalue weighted by molar-refractivity contribution is 5.75. The highest BCUT2D eigenvalue weighted by Crippen LogP contribution is 2.14. The number of carbonyl (C=O) groups excluding carboxylic acids is 1. The summed E-state index contributed by atoms with van der Waals surface area (Å²) in [5, 5.41) is 12.1. The number of carbonyl (C=O) groups is 2. The second-order valence-corrected chi connectivity index (χ2v) is 7.20. The number of anilines is 1. The van der Waals surface area contributed by atoms with Gasteiger partial charge in [0.05, 0.1) is 0 Å². The van der Waals surface area contributed by atoms with Crippen LogP contribution in [-0.4, -0.2) is 64.2 Å². The summed E-state index contributed by atoms with van der Waals surface area (Å²) in [5.74, 6) is 0.747. The number of carboxylic acids is 1. The fraction of sp³-hybridized carbons (Fsp3) is 0.429. The molecule has 1 fully saturated rings. The van der Waals surface area contributed by atoms with Gasteiger partial charge in [0, 0.05) is 44.8 Å². The molecule has 1 aromatic carbocycles. The van der Waals surface area contributed by atoms with E-state index in [-0.39, 0.29) is 18.5 Å². The third-order valence-electron chi connectivity index (χ3n) is 5.01. The van der Waals surface area contributed by atoms with Gasteiger partial charge in [-0.05, 0) is 31.4 Å². The Balaban J connectivity index is 1.55. The normalized spacial score (nSPS) is 15.1. The van der Waals surface area contributed by atoms with Crippen molar-refractivity contribution < 1.29 is 14.7 Å². The van der Waals surface area contributed by atoms with Gasteiger partial charge in [0.15, 0.2) is 0 Å². The minimum atomic E-state index is -0.855. The van der Waals surface area contributed by atoms with E-state index in [9.17, 15) is 9.59 Å². The Morgan fingerprint density at radius 2 is 1.86 bits per heavy atom. The molecule has 1 saturated heterocycles. The first kappa shape index (κ1) is 20.6. The van der Waals surface area contributed by atoms with Crippen molar-refractivity contribution in [2.75, 3.05) is 31.1 Å². The first-order valence-corrected chi connectivity index (χ1v) is 9.87. The fourth-order valence-electron chi connectivity index (χ4n) is 3.45. The van der Waals surface area contributed by atoms with Crippen molar-refractivity contribution in [3.63, 3.8) is 0 Å². The zero-order valence-electron chi connectivity index (χ0n) is 16.6. The van der Waals surface area contributed by atoms with Gasteiger partial charge in [0.2, 0.25) is 0 Å². The average molecular weight is 397 g/mol. The minimum Gasteiger partial charge on any atom is -0.481 e. The zero-order valence-corrected chi connectivity index (χ0v) is 16.6. The number of aliphatic carboxylic acids is 1. The van der Waals surface area contributed by atoms with Crippen LogP contribution in [0.4, 0.5) is 10.6 Å². The number of rotatable bonds is 7. The second-order valence-electron chi connectivity index (χ2n) is 7.20. The van der Waals surface area contributed by atoms with Gasteiger partial charge in [-0.2, -0.15) is 0 Å². The summed E-state index contributed by atoms with van der Waals surface area (Å²) in [5.41, 5.74) is 1.08. The van der Waals surface area contributed by atoms with Crippen LogP contribution in [0, 0.1) is 6.92 Å². The lowest BCUT2D eigenvalue weighted by molar-refractivity contribution is -0.137. The Hall–Kier alpha value is -3.16. The van der Waals surface area contributed by atoms with E-state index in [4.69, 9.17) is 5.11 Å². The van der Waals surface area contributed by atoms with Crippen molar-refractivity contribution in [2.45, 2.75) is 32.2 Å². The summed E-state index contributed by atoms with van der Waals surface area (Å²) >= 11 is 0. The SMILES string of the molecule is Cc1nccc(N2CCN(C(=O)NC(CCC(=O)O)Cc3ccccc3)CC2)n1. The third kappa shape index (κ3) is 6.17. The van der Waals surface area contributed by atoms with Gasteiger partial charge in [-0.1, -0.05) is 30.3 Å². The van der Waals surface area contributed by atoms with E-state index in [0.29, 0.717) is 39.0 Å². The van der Waals surface area contributed by atoms with Gasteiger partial charge in [-0.3, -0.25) is 4.79 Å². The summed E-state index contributed by atoms with van der Waals surface area (Å²) in [7, 11) is 0. The second kappa shape index (κ2) is 9.86. The van der Waals surface area contributed by atoms with Crippen LogP contribution in [-0.2, 0) is 11.2 Å². The van der Waals surface area contributed by atoms with E-state index < -0.39 is 5.97 Å². The monoisotopic (exact) mass is 397 g/mol. The van der Waals surface area contributed by atoms with Crippen molar-refractivity contribution in [1.29, 1.82) is 0 Å². The highest BCUT2D eigenvalue weighted by Gasteiger charge is 2.24. The first-order chi connectivity index (χ1) is 14.0. The summed E-state index contributed by atoms with van der Waals surface area (Å²) < 4.78 is 0. The van der Waals surface area contributed by atoms with Crippen LogP contribution in [0.3, 0.4) is 0 Å². The molecule has 29 heavy (non-hydrogen) atoms. The topological polar surface area (TPSA) is 98.7 Å². The van der Waals surface area contributed by atoms with Crippen LogP contribution in [0.15, 0.2) is 42.6 Å². The van der Waals surface area contributed by atoms with Crippen LogP contribution in [0.5, 0.6) is 0 Å².